The Labute approximate surface area is 131 Å². The fraction of sp³-hybridized carbons (Fsp3) is 0.0526. The first-order valence-electron chi connectivity index (χ1n) is 7.46. The molecule has 4 nitrogen and oxygen atoms in total. The largest absolute Gasteiger partial charge is 0.383 e. The second kappa shape index (κ2) is 4.27. The van der Waals surface area contributed by atoms with Crippen molar-refractivity contribution in [1.29, 1.82) is 0 Å². The third-order valence-corrected chi connectivity index (χ3v) is 4.57. The number of nitrogens with zero attached hydrogens (tertiary/aromatic N) is 1. The van der Waals surface area contributed by atoms with Crippen molar-refractivity contribution in [3.63, 3.8) is 0 Å². The van der Waals surface area contributed by atoms with Gasteiger partial charge in [0, 0.05) is 39.2 Å². The van der Waals surface area contributed by atoms with E-state index in [2.05, 4.69) is 9.97 Å². The third kappa shape index (κ3) is 1.53. The fourth-order valence-electron chi connectivity index (χ4n) is 3.52. The van der Waals surface area contributed by atoms with Gasteiger partial charge in [-0.05, 0) is 12.1 Å². The molecule has 1 atom stereocenters. The van der Waals surface area contributed by atoms with Crippen molar-refractivity contribution in [3.8, 4) is 0 Å². The third-order valence-electron chi connectivity index (χ3n) is 4.57. The van der Waals surface area contributed by atoms with Gasteiger partial charge in [0.05, 0.1) is 11.2 Å². The number of hydrogen-bond donors (Lipinski definition) is 2. The molecule has 0 radical (unpaired) electrons. The van der Waals surface area contributed by atoms with E-state index in [9.17, 15) is 9.90 Å². The summed E-state index contributed by atoms with van der Waals surface area (Å²) >= 11 is 0. The SMILES string of the molecule is O=C1c2[nH]c3ccccc3c2C(O)c2cnc3ccccc3c21. The monoisotopic (exact) mass is 300 g/mol. The number of ketones is 1. The van der Waals surface area contributed by atoms with E-state index in [1.165, 1.54) is 0 Å². The van der Waals surface area contributed by atoms with Crippen molar-refractivity contribution in [1.82, 2.24) is 9.97 Å². The van der Waals surface area contributed by atoms with E-state index in [1.807, 2.05) is 48.5 Å². The molecule has 2 N–H and O–H groups in total. The second-order valence-electron chi connectivity index (χ2n) is 5.80. The molecule has 0 saturated carbocycles. The maximum Gasteiger partial charge on any atom is 0.210 e. The Morgan fingerprint density at radius 1 is 1.00 bits per heavy atom. The summed E-state index contributed by atoms with van der Waals surface area (Å²) in [7, 11) is 0. The van der Waals surface area contributed by atoms with Crippen LogP contribution >= 0.6 is 0 Å². The van der Waals surface area contributed by atoms with Crippen molar-refractivity contribution in [2.45, 2.75) is 6.10 Å². The molecular weight excluding hydrogens is 288 g/mol. The summed E-state index contributed by atoms with van der Waals surface area (Å²) in [5, 5.41) is 12.5. The average Bonchev–Trinajstić information content (AvgIpc) is 2.99. The summed E-state index contributed by atoms with van der Waals surface area (Å²) in [4.78, 5) is 20.6. The lowest BCUT2D eigenvalue weighted by molar-refractivity contribution is 0.101. The van der Waals surface area contributed by atoms with Crippen molar-refractivity contribution < 1.29 is 9.90 Å². The Morgan fingerprint density at radius 2 is 1.74 bits per heavy atom. The number of aliphatic hydroxyl groups excluding tert-OH is 1. The van der Waals surface area contributed by atoms with Gasteiger partial charge in [-0.2, -0.15) is 0 Å². The van der Waals surface area contributed by atoms with E-state index in [1.54, 1.807) is 6.20 Å². The smallest absolute Gasteiger partial charge is 0.210 e. The van der Waals surface area contributed by atoms with Crippen LogP contribution in [0.1, 0.15) is 33.3 Å². The van der Waals surface area contributed by atoms with E-state index >= 15 is 0 Å². The number of aliphatic hydroxyl groups is 1. The van der Waals surface area contributed by atoms with Gasteiger partial charge in [-0.1, -0.05) is 36.4 Å². The number of rotatable bonds is 0. The highest BCUT2D eigenvalue weighted by Gasteiger charge is 2.34. The number of aromatic nitrogens is 2. The van der Waals surface area contributed by atoms with Gasteiger partial charge in [-0.25, -0.2) is 0 Å². The zero-order valence-electron chi connectivity index (χ0n) is 12.1. The minimum absolute atomic E-state index is 0.0879. The number of aromatic amines is 1. The molecule has 4 aromatic rings. The molecule has 4 heteroatoms. The van der Waals surface area contributed by atoms with Crippen LogP contribution in [-0.2, 0) is 0 Å². The fourth-order valence-corrected chi connectivity index (χ4v) is 3.52. The van der Waals surface area contributed by atoms with Crippen LogP contribution in [-0.4, -0.2) is 20.9 Å². The minimum Gasteiger partial charge on any atom is -0.383 e. The number of fused-ring (bicyclic) bond motifs is 6. The van der Waals surface area contributed by atoms with Crippen LogP contribution in [0.15, 0.2) is 54.7 Å². The molecule has 1 unspecified atom stereocenters. The first-order chi connectivity index (χ1) is 11.3. The molecule has 2 heterocycles. The van der Waals surface area contributed by atoms with Crippen LogP contribution in [0.4, 0.5) is 0 Å². The van der Waals surface area contributed by atoms with E-state index in [-0.39, 0.29) is 5.78 Å². The molecule has 0 aliphatic heterocycles. The highest BCUT2D eigenvalue weighted by molar-refractivity contribution is 6.20. The van der Waals surface area contributed by atoms with Gasteiger partial charge in [-0.3, -0.25) is 9.78 Å². The summed E-state index contributed by atoms with van der Waals surface area (Å²) in [6.07, 6.45) is 0.760. The molecule has 0 amide bonds. The van der Waals surface area contributed by atoms with Crippen LogP contribution in [0.3, 0.4) is 0 Å². The van der Waals surface area contributed by atoms with E-state index in [4.69, 9.17) is 0 Å². The summed E-state index contributed by atoms with van der Waals surface area (Å²) in [6.45, 7) is 0. The molecular formula is C19H12N2O2. The molecule has 0 fully saturated rings. The maximum atomic E-state index is 13.1. The van der Waals surface area contributed by atoms with Crippen molar-refractivity contribution in [2.24, 2.45) is 0 Å². The van der Waals surface area contributed by atoms with Gasteiger partial charge in [0.1, 0.15) is 6.10 Å². The van der Waals surface area contributed by atoms with Gasteiger partial charge < -0.3 is 10.1 Å². The first kappa shape index (κ1) is 12.6. The number of carbonyl (C=O) groups excluding carboxylic acids is 1. The molecule has 0 saturated heterocycles. The number of para-hydroxylation sites is 2. The molecule has 0 bridgehead atoms. The van der Waals surface area contributed by atoms with Gasteiger partial charge in [0.2, 0.25) is 5.78 Å². The molecule has 5 rings (SSSR count). The molecule has 110 valence electrons. The van der Waals surface area contributed by atoms with E-state index in [0.29, 0.717) is 22.4 Å². The molecule has 23 heavy (non-hydrogen) atoms. The lowest BCUT2D eigenvalue weighted by atomic mass is 9.85. The van der Waals surface area contributed by atoms with Gasteiger partial charge in [0.25, 0.3) is 0 Å². The summed E-state index contributed by atoms with van der Waals surface area (Å²) < 4.78 is 0. The second-order valence-corrected chi connectivity index (χ2v) is 5.80. The average molecular weight is 300 g/mol. The van der Waals surface area contributed by atoms with Gasteiger partial charge in [-0.15, -0.1) is 0 Å². The highest BCUT2D eigenvalue weighted by Crippen LogP contribution is 2.40. The number of H-pyrrole nitrogens is 1. The van der Waals surface area contributed by atoms with Crippen molar-refractivity contribution in [3.05, 3.63) is 77.1 Å². The number of carbonyl (C=O) groups is 1. The Balaban J connectivity index is 1.91. The van der Waals surface area contributed by atoms with Crippen molar-refractivity contribution in [2.75, 3.05) is 0 Å². The summed E-state index contributed by atoms with van der Waals surface area (Å²) in [5.74, 6) is -0.0879. The van der Waals surface area contributed by atoms with E-state index < -0.39 is 6.10 Å². The van der Waals surface area contributed by atoms with Crippen LogP contribution < -0.4 is 0 Å². The number of nitrogens with one attached hydrogen (secondary N) is 1. The Bertz CT molecular complexity index is 1110. The zero-order valence-corrected chi connectivity index (χ0v) is 12.1. The van der Waals surface area contributed by atoms with Crippen LogP contribution in [0.5, 0.6) is 0 Å². The topological polar surface area (TPSA) is 66.0 Å². The molecule has 1 aliphatic rings. The summed E-state index contributed by atoms with van der Waals surface area (Å²) in [6, 6.07) is 15.2. The minimum atomic E-state index is -0.856. The molecule has 0 spiro atoms. The summed E-state index contributed by atoms with van der Waals surface area (Å²) in [5.41, 5.74) is 3.85. The maximum absolute atomic E-state index is 13.1. The predicted octanol–water partition coefficient (Wildman–Crippen LogP) is 3.34. The lowest BCUT2D eigenvalue weighted by Gasteiger charge is -2.22. The normalized spacial score (nSPS) is 16.6. The number of pyridine rings is 1. The number of hydrogen-bond acceptors (Lipinski definition) is 3. The van der Waals surface area contributed by atoms with Crippen LogP contribution in [0.25, 0.3) is 21.8 Å². The molecule has 2 aromatic heterocycles. The van der Waals surface area contributed by atoms with Gasteiger partial charge >= 0.3 is 0 Å². The first-order valence-corrected chi connectivity index (χ1v) is 7.46. The van der Waals surface area contributed by atoms with Crippen LogP contribution in [0.2, 0.25) is 0 Å². The van der Waals surface area contributed by atoms with Crippen LogP contribution in [0, 0.1) is 0 Å². The Morgan fingerprint density at radius 3 is 2.61 bits per heavy atom. The molecule has 1 aliphatic carbocycles. The van der Waals surface area contributed by atoms with Gasteiger partial charge in [0.15, 0.2) is 0 Å². The zero-order chi connectivity index (χ0) is 15.6. The highest BCUT2D eigenvalue weighted by atomic mass is 16.3. The number of benzene rings is 2. The quantitative estimate of drug-likeness (QED) is 0.523. The lowest BCUT2D eigenvalue weighted by Crippen LogP contribution is -2.19. The Hall–Kier alpha value is -2.98. The van der Waals surface area contributed by atoms with E-state index in [0.717, 1.165) is 21.8 Å². The predicted molar refractivity (Wildman–Crippen MR) is 87.5 cm³/mol. The molecule has 2 aromatic carbocycles. The Kier molecular flexibility index (Phi) is 2.33. The standard InChI is InChI=1S/C19H12N2O2/c22-18-12-9-20-13-7-3-1-5-10(13)15(12)19(23)17-16(18)11-6-2-4-8-14(11)21-17/h1-9,18,21-22H. The van der Waals surface area contributed by atoms with Crippen molar-refractivity contribution >= 4 is 27.6 Å².